The van der Waals surface area contributed by atoms with Crippen LogP contribution in [0, 0.1) is 5.92 Å². The van der Waals surface area contributed by atoms with E-state index in [1.54, 1.807) is 0 Å². The number of nitrogens with zero attached hydrogens (tertiary/aromatic N) is 2. The van der Waals surface area contributed by atoms with Crippen LogP contribution in [0.1, 0.15) is 86.5 Å². The molecular weight excluding hydrogens is 701 g/mol. The Morgan fingerprint density at radius 1 is 0.621 bits per heavy atom. The number of hydrogen-bond donors (Lipinski definition) is 0. The fourth-order valence-electron chi connectivity index (χ4n) is 11.3. The molecule has 0 bridgehead atoms. The first-order valence-corrected chi connectivity index (χ1v) is 21.1. The van der Waals surface area contributed by atoms with Crippen molar-refractivity contribution < 1.29 is 0 Å². The largest absolute Gasteiger partial charge is 0.311 e. The Morgan fingerprint density at radius 2 is 1.29 bits per heavy atom. The van der Waals surface area contributed by atoms with Gasteiger partial charge in [-0.2, -0.15) is 0 Å². The molecule has 284 valence electrons. The predicted molar refractivity (Wildman–Crippen MR) is 243 cm³/mol. The van der Waals surface area contributed by atoms with Crippen molar-refractivity contribution in [3.8, 4) is 16.8 Å². The summed E-state index contributed by atoms with van der Waals surface area (Å²) in [4.78, 5) is 2.53. The molecule has 2 heteroatoms. The van der Waals surface area contributed by atoms with Gasteiger partial charge >= 0.3 is 0 Å². The summed E-state index contributed by atoms with van der Waals surface area (Å²) in [6, 6.07) is 54.5. The van der Waals surface area contributed by atoms with Gasteiger partial charge < -0.3 is 9.47 Å². The van der Waals surface area contributed by atoms with E-state index in [9.17, 15) is 0 Å². The third kappa shape index (κ3) is 4.97. The van der Waals surface area contributed by atoms with Gasteiger partial charge in [0.25, 0.3) is 0 Å². The smallest absolute Gasteiger partial charge is 0.0537 e. The Labute approximate surface area is 343 Å². The maximum Gasteiger partial charge on any atom is 0.0537 e. The lowest BCUT2D eigenvalue weighted by atomic mass is 9.73. The second-order valence-corrected chi connectivity index (χ2v) is 18.5. The van der Waals surface area contributed by atoms with E-state index in [-0.39, 0.29) is 16.2 Å². The van der Waals surface area contributed by atoms with E-state index in [0.29, 0.717) is 11.8 Å². The number of para-hydroxylation sites is 2. The van der Waals surface area contributed by atoms with Gasteiger partial charge in [0.15, 0.2) is 0 Å². The third-order valence-electron chi connectivity index (χ3n) is 14.3. The molecule has 0 N–H and O–H groups in total. The molecule has 0 fully saturated rings. The molecule has 0 saturated heterocycles. The molecule has 1 aromatic heterocycles. The van der Waals surface area contributed by atoms with Crippen molar-refractivity contribution >= 4 is 28.4 Å². The molecule has 1 heterocycles. The van der Waals surface area contributed by atoms with Crippen LogP contribution in [-0.2, 0) is 22.7 Å². The lowest BCUT2D eigenvalue weighted by molar-refractivity contribution is 0.546. The van der Waals surface area contributed by atoms with E-state index >= 15 is 0 Å². The lowest BCUT2D eigenvalue weighted by Crippen LogP contribution is -2.26. The summed E-state index contributed by atoms with van der Waals surface area (Å²) >= 11 is 0. The highest BCUT2D eigenvalue weighted by Crippen LogP contribution is 2.57. The Morgan fingerprint density at radius 3 is 2.10 bits per heavy atom. The van der Waals surface area contributed by atoms with Crippen molar-refractivity contribution in [2.24, 2.45) is 5.92 Å². The molecule has 0 aliphatic heterocycles. The molecule has 3 unspecified atom stereocenters. The monoisotopic (exact) mass is 750 g/mol. The first kappa shape index (κ1) is 35.1. The number of anilines is 2. The molecule has 4 aliphatic rings. The molecule has 6 aromatic carbocycles. The van der Waals surface area contributed by atoms with Gasteiger partial charge in [0, 0.05) is 56.0 Å². The second kappa shape index (κ2) is 12.4. The number of allylic oxidation sites excluding steroid dienone is 4. The van der Waals surface area contributed by atoms with Crippen LogP contribution < -0.4 is 4.90 Å². The fraction of sp³-hybridized carbons (Fsp3) is 0.214. The van der Waals surface area contributed by atoms with Gasteiger partial charge in [0.05, 0.1) is 5.52 Å². The predicted octanol–water partition coefficient (Wildman–Crippen LogP) is 14.1. The first-order valence-electron chi connectivity index (χ1n) is 21.1. The van der Waals surface area contributed by atoms with Crippen molar-refractivity contribution in [1.29, 1.82) is 0 Å². The van der Waals surface area contributed by atoms with Crippen LogP contribution in [0.3, 0.4) is 0 Å². The van der Waals surface area contributed by atoms with Crippen LogP contribution in [-0.4, -0.2) is 4.57 Å². The highest BCUT2D eigenvalue weighted by atomic mass is 15.1. The molecule has 2 nitrogen and oxygen atoms in total. The van der Waals surface area contributed by atoms with Crippen LogP contribution >= 0.6 is 0 Å². The molecule has 3 atom stereocenters. The molecule has 58 heavy (non-hydrogen) atoms. The van der Waals surface area contributed by atoms with Crippen LogP contribution in [0.5, 0.6) is 0 Å². The van der Waals surface area contributed by atoms with Gasteiger partial charge in [0.2, 0.25) is 0 Å². The van der Waals surface area contributed by atoms with Gasteiger partial charge in [0.1, 0.15) is 0 Å². The van der Waals surface area contributed by atoms with E-state index in [2.05, 4.69) is 221 Å². The highest BCUT2D eigenvalue weighted by molar-refractivity contribution is 5.91. The van der Waals surface area contributed by atoms with E-state index in [1.165, 1.54) is 89.4 Å². The molecule has 0 saturated carbocycles. The average Bonchev–Trinajstić information content (AvgIpc) is 3.78. The van der Waals surface area contributed by atoms with Crippen molar-refractivity contribution in [2.45, 2.75) is 70.1 Å². The van der Waals surface area contributed by atoms with Gasteiger partial charge in [-0.3, -0.25) is 0 Å². The minimum absolute atomic E-state index is 0.0451. The Kier molecular flexibility index (Phi) is 7.52. The highest BCUT2D eigenvalue weighted by Gasteiger charge is 2.45. The average molecular weight is 751 g/mol. The molecule has 7 aromatic rings. The van der Waals surface area contributed by atoms with Crippen molar-refractivity contribution in [2.75, 3.05) is 4.90 Å². The molecule has 4 aliphatic carbocycles. The van der Waals surface area contributed by atoms with Gasteiger partial charge in [-0.15, -0.1) is 0 Å². The van der Waals surface area contributed by atoms with E-state index in [0.717, 1.165) is 6.42 Å². The summed E-state index contributed by atoms with van der Waals surface area (Å²) in [7, 11) is 0. The van der Waals surface area contributed by atoms with Crippen LogP contribution in [0.15, 0.2) is 175 Å². The van der Waals surface area contributed by atoms with Crippen LogP contribution in [0.4, 0.5) is 11.4 Å². The van der Waals surface area contributed by atoms with E-state index < -0.39 is 0 Å². The molecule has 0 amide bonds. The maximum atomic E-state index is 2.53. The van der Waals surface area contributed by atoms with Gasteiger partial charge in [-0.05, 0) is 111 Å². The van der Waals surface area contributed by atoms with Crippen LogP contribution in [0.2, 0.25) is 0 Å². The molecular formula is C56H50N2. The molecule has 0 spiro atoms. The van der Waals surface area contributed by atoms with Crippen molar-refractivity contribution in [3.63, 3.8) is 0 Å². The number of aromatic nitrogens is 1. The van der Waals surface area contributed by atoms with Gasteiger partial charge in [-0.1, -0.05) is 162 Å². The minimum atomic E-state index is -0.154. The van der Waals surface area contributed by atoms with Crippen molar-refractivity contribution in [3.05, 3.63) is 214 Å². The van der Waals surface area contributed by atoms with E-state index in [4.69, 9.17) is 0 Å². The van der Waals surface area contributed by atoms with Gasteiger partial charge in [-0.25, -0.2) is 0 Å². The number of benzene rings is 6. The van der Waals surface area contributed by atoms with Crippen LogP contribution in [0.25, 0.3) is 33.8 Å². The summed E-state index contributed by atoms with van der Waals surface area (Å²) in [5.74, 6) is 0.747. The zero-order valence-corrected chi connectivity index (χ0v) is 34.4. The zero-order valence-electron chi connectivity index (χ0n) is 34.4. The Bertz CT molecular complexity index is 2900. The fourth-order valence-corrected chi connectivity index (χ4v) is 11.3. The summed E-state index contributed by atoms with van der Waals surface area (Å²) < 4.78 is 2.43. The third-order valence-corrected chi connectivity index (χ3v) is 14.3. The molecule has 11 rings (SSSR count). The normalized spacial score (nSPS) is 21.7. The molecule has 0 radical (unpaired) electrons. The zero-order chi connectivity index (χ0) is 39.6. The quantitative estimate of drug-likeness (QED) is 0.170. The first-order chi connectivity index (χ1) is 28.0. The Hall–Kier alpha value is -6.12. The summed E-state index contributed by atoms with van der Waals surface area (Å²) in [5, 5.41) is 1.34. The maximum absolute atomic E-state index is 2.53. The summed E-state index contributed by atoms with van der Waals surface area (Å²) in [6.45, 7) is 14.4. The standard InChI is InChI=1S/C56H50N2/c1-36-32-41(34-50-53(36)45-20-11-14-22-48(45)55(50,4)5)57(40-28-29-43-42-18-10-13-21-47(42)54(2,3)49(43)33-40)39-26-24-37(25-27-39)56(6)31-30-52-46(35-56)44-19-12-15-23-51(44)58(52)38-16-8-7-9-17-38/h7-34,36,53H,35H2,1-6H3. The topological polar surface area (TPSA) is 8.17 Å². The SMILES string of the molecule is CC1C=C(N(c2ccc(C3(C)C=Cc4c(c5ccccc5n4-c4ccccc4)C3)cc2)c2ccc3c(c2)C(C)(C)c2ccccc2-3)C=C2C1c1ccccc1C2(C)C. The van der Waals surface area contributed by atoms with Crippen molar-refractivity contribution in [1.82, 2.24) is 4.57 Å². The van der Waals surface area contributed by atoms with E-state index in [1.807, 2.05) is 0 Å². The Balaban J connectivity index is 1.02. The summed E-state index contributed by atoms with van der Waals surface area (Å²) in [5.41, 5.74) is 19.8. The second-order valence-electron chi connectivity index (χ2n) is 18.5. The number of hydrogen-bond acceptors (Lipinski definition) is 1. The summed E-state index contributed by atoms with van der Waals surface area (Å²) in [6.07, 6.45) is 10.8. The number of fused-ring (bicyclic) bond motifs is 9. The number of rotatable bonds is 5. The minimum Gasteiger partial charge on any atom is -0.311 e. The lowest BCUT2D eigenvalue weighted by Gasteiger charge is -2.36.